The van der Waals surface area contributed by atoms with E-state index < -0.39 is 35.1 Å². The molecule has 0 unspecified atom stereocenters. The first-order valence-corrected chi connectivity index (χ1v) is 24.1. The van der Waals surface area contributed by atoms with Gasteiger partial charge in [-0.2, -0.15) is 64.2 Å². The molecule has 2 aliphatic carbocycles. The second kappa shape index (κ2) is 25.8. The van der Waals surface area contributed by atoms with Gasteiger partial charge >= 0.3 is 0 Å². The Hall–Kier alpha value is -6.52. The van der Waals surface area contributed by atoms with E-state index in [2.05, 4.69) is 77.6 Å². The number of amides is 4. The number of benzene rings is 2. The highest BCUT2D eigenvalue weighted by Gasteiger charge is 2.38. The Labute approximate surface area is 477 Å². The molecule has 2 aliphatic heterocycles. The maximum absolute atomic E-state index is 14.9. The highest BCUT2D eigenvalue weighted by molar-refractivity contribution is 9.10. The number of aromatic nitrogens is 8. The predicted molar refractivity (Wildman–Crippen MR) is 310 cm³/mol. The van der Waals surface area contributed by atoms with Gasteiger partial charge in [0.1, 0.15) is 39.5 Å². The molecule has 18 nitrogen and oxygen atoms in total. The van der Waals surface area contributed by atoms with Crippen LogP contribution < -0.4 is 22.1 Å². The number of halogens is 5. The highest BCUT2D eigenvalue weighted by atomic mass is 79.9. The Bertz CT molecular complexity index is 3370. The molecule has 0 spiro atoms. The van der Waals surface area contributed by atoms with Crippen LogP contribution >= 0.6 is 69.9 Å². The highest BCUT2D eigenvalue weighted by Crippen LogP contribution is 2.40. The molecule has 2 saturated heterocycles. The monoisotopic (exact) mass is 1200 g/mol. The van der Waals surface area contributed by atoms with E-state index in [1.54, 1.807) is 48.7 Å². The van der Waals surface area contributed by atoms with Crippen molar-refractivity contribution in [2.45, 2.75) is 88.6 Å². The molecule has 2 saturated carbocycles. The first kappa shape index (κ1) is 63.0. The van der Waals surface area contributed by atoms with Crippen LogP contribution in [0.25, 0.3) is 22.1 Å². The zero-order chi connectivity index (χ0) is 52.7. The van der Waals surface area contributed by atoms with Crippen LogP contribution in [-0.2, 0) is 9.59 Å². The van der Waals surface area contributed by atoms with Gasteiger partial charge in [0.15, 0.2) is 29.0 Å². The van der Waals surface area contributed by atoms with Crippen molar-refractivity contribution in [3.63, 3.8) is 0 Å². The molecule has 4 atom stereocenters. The van der Waals surface area contributed by atoms with Crippen LogP contribution in [0.4, 0.5) is 29.2 Å². The molecule has 6 heterocycles. The minimum absolute atomic E-state index is 0. The Morgan fingerprint density at radius 2 is 1.09 bits per heavy atom. The van der Waals surface area contributed by atoms with E-state index in [9.17, 15) is 36.7 Å². The fraction of sp³-hybridized carbons (Fsp3) is 0.360. The number of carbonyl (C=O) groups is 4. The van der Waals surface area contributed by atoms with Gasteiger partial charge in [-0.15, -0.1) is 6.42 Å². The van der Waals surface area contributed by atoms with Gasteiger partial charge in [-0.25, -0.2) is 36.9 Å². The first-order chi connectivity index (χ1) is 34.9. The van der Waals surface area contributed by atoms with Crippen LogP contribution in [-0.4, -0.2) is 111 Å². The van der Waals surface area contributed by atoms with Crippen LogP contribution in [0, 0.1) is 47.5 Å². The van der Waals surface area contributed by atoms with Crippen molar-refractivity contribution in [1.82, 2.24) is 48.5 Å². The molecule has 4 amide bonds. The number of anilines is 2. The lowest BCUT2D eigenvalue weighted by atomic mass is 10.1. The number of hydrogen-bond acceptors (Lipinski definition) is 10. The number of carbonyl (C=O) groups excluding carboxylic acids is 4. The number of imidazole rings is 2. The summed E-state index contributed by atoms with van der Waals surface area (Å²) in [4.78, 5) is 59.7. The number of nitrogens with one attached hydrogen (secondary N) is 2. The molecule has 412 valence electrons. The molecule has 6 aromatic rings. The summed E-state index contributed by atoms with van der Waals surface area (Å²) in [5.41, 5.74) is 12.5. The summed E-state index contributed by atoms with van der Waals surface area (Å²) in [5, 5.41) is 14.7. The van der Waals surface area contributed by atoms with Crippen LogP contribution in [0.3, 0.4) is 0 Å². The van der Waals surface area contributed by atoms with Gasteiger partial charge in [0.25, 0.3) is 11.8 Å². The molecule has 4 aliphatic rings. The molecule has 27 heteroatoms. The summed E-state index contributed by atoms with van der Waals surface area (Å²) in [6.45, 7) is 11.8. The number of nitrogens with zero attached hydrogens (tertiary/aromatic N) is 10. The largest absolute Gasteiger partial charge is 0.373 e. The number of nitrogens with two attached hydrogens (primary N) is 2. The van der Waals surface area contributed by atoms with E-state index in [-0.39, 0.29) is 140 Å². The Morgan fingerprint density at radius 1 is 0.675 bits per heavy atom. The number of terminal acetylenes is 1. The Morgan fingerprint density at radius 3 is 1.49 bits per heavy atom. The third-order valence-electron chi connectivity index (χ3n) is 13.3. The topological polar surface area (TPSA) is 222 Å². The lowest BCUT2D eigenvalue weighted by Crippen LogP contribution is -2.32. The molecule has 77 heavy (non-hydrogen) atoms. The zero-order valence-electron chi connectivity index (χ0n) is 42.2. The third-order valence-corrected chi connectivity index (χ3v) is 13.8. The average Bonchev–Trinajstić information content (AvgIpc) is 4.05. The second-order valence-electron chi connectivity index (χ2n) is 18.1. The summed E-state index contributed by atoms with van der Waals surface area (Å²) in [6.07, 6.45) is 16.2. The summed E-state index contributed by atoms with van der Waals surface area (Å²) in [6, 6.07) is 2.97. The first-order valence-electron chi connectivity index (χ1n) is 23.3. The van der Waals surface area contributed by atoms with E-state index in [0.29, 0.717) is 54.6 Å². The Kier molecular flexibility index (Phi) is 21.1. The average molecular weight is 1200 g/mol. The van der Waals surface area contributed by atoms with E-state index in [1.165, 1.54) is 30.6 Å². The van der Waals surface area contributed by atoms with Gasteiger partial charge < -0.3 is 41.0 Å². The van der Waals surface area contributed by atoms with Crippen LogP contribution in [0.1, 0.15) is 114 Å². The van der Waals surface area contributed by atoms with Crippen molar-refractivity contribution in [2.75, 3.05) is 37.8 Å². The number of rotatable bonds is 10. The van der Waals surface area contributed by atoms with Crippen molar-refractivity contribution >= 4 is 127 Å². The fourth-order valence-electron chi connectivity index (χ4n) is 9.45. The van der Waals surface area contributed by atoms with Crippen LogP contribution in [0.15, 0.2) is 54.6 Å². The summed E-state index contributed by atoms with van der Waals surface area (Å²) >= 11 is 2.96. The van der Waals surface area contributed by atoms with E-state index in [4.69, 9.17) is 17.9 Å². The zero-order valence-corrected chi connectivity index (χ0v) is 47.8. The van der Waals surface area contributed by atoms with E-state index in [0.717, 1.165) is 25.7 Å². The normalized spacial score (nSPS) is 18.0. The van der Waals surface area contributed by atoms with Gasteiger partial charge in [0.05, 0.1) is 45.8 Å². The Balaban J connectivity index is 0.000000267. The lowest BCUT2D eigenvalue weighted by molar-refractivity contribution is -0.127. The molecule has 4 fully saturated rings. The van der Waals surface area contributed by atoms with E-state index >= 15 is 0 Å². The van der Waals surface area contributed by atoms with Gasteiger partial charge in [0.2, 0.25) is 11.8 Å². The third kappa shape index (κ3) is 12.3. The molecular weight excluding hydrogens is 1140 g/mol. The molecule has 0 radical (unpaired) electrons. The second-order valence-corrected chi connectivity index (χ2v) is 18.9. The molecule has 4 aromatic heterocycles. The lowest BCUT2D eigenvalue weighted by Gasteiger charge is -2.19. The number of likely N-dealkylation sites (tertiary alicyclic amines) is 2. The van der Waals surface area contributed by atoms with E-state index in [1.807, 2.05) is 13.8 Å². The van der Waals surface area contributed by atoms with Gasteiger partial charge in [-0.05, 0) is 104 Å². The number of fused-ring (bicyclic) bond motifs is 2. The summed E-state index contributed by atoms with van der Waals surface area (Å²) in [7, 11) is 3.28. The van der Waals surface area contributed by atoms with Crippen molar-refractivity contribution in [2.24, 2.45) is 11.5 Å². The minimum Gasteiger partial charge on any atom is -0.373 e. The number of primary amides is 2. The number of hydrogen-bond donors (Lipinski definition) is 4. The van der Waals surface area contributed by atoms with Gasteiger partial charge in [-0.3, -0.25) is 19.2 Å². The molecule has 10 rings (SSSR count). The standard InChI is InChI=1S/C25H25F2N7O2.C15H19N5O2.C10H7BrF2N2.4H2S/c1-4-19(35)32-11-16(9-13(32)2)34-25(29-3)20(24(28)36)17(31-34)8-5-14-10-18-23(22(27)21(14)26)33(12-30-18)15-6-7-15;1-5-11-13(14(16)22)15(17-4)20(18-11)10-7-9(3)19(8-10)12(21)6-2;11-6-3-7-10(9(13)8(6)12)15(4-14-7)5-1-2-5;;;;/h4,10,12-13,15-16,29H,1,6-7,9,11H2,2-3H3,(H2,28,36);1,6,9-10,17H,2,7-8H2,3-4H3,(H2,16,22);3-5H,1-2H2;4*1H2/t13-,16-;9-,10-;;;;;/m00...../s1. The maximum atomic E-state index is 14.9. The van der Waals surface area contributed by atoms with Crippen molar-refractivity contribution in [3.05, 3.63) is 106 Å². The van der Waals surface area contributed by atoms with Crippen molar-refractivity contribution in [3.8, 4) is 24.2 Å². The molecule has 6 N–H and O–H groups in total. The fourth-order valence-corrected chi connectivity index (χ4v) is 9.84. The summed E-state index contributed by atoms with van der Waals surface area (Å²) in [5.74, 6) is 3.02. The molecule has 0 bridgehead atoms. The van der Waals surface area contributed by atoms with Gasteiger partial charge in [-0.1, -0.05) is 19.1 Å². The van der Waals surface area contributed by atoms with Crippen LogP contribution in [0.2, 0.25) is 0 Å². The quantitative estimate of drug-likeness (QED) is 0.0478. The predicted octanol–water partition coefficient (Wildman–Crippen LogP) is 6.95. The van der Waals surface area contributed by atoms with Gasteiger partial charge in [0, 0.05) is 51.4 Å². The molecule has 2 aromatic carbocycles. The van der Waals surface area contributed by atoms with Crippen molar-refractivity contribution in [1.29, 1.82) is 0 Å². The summed E-state index contributed by atoms with van der Waals surface area (Å²) < 4.78 is 63.6. The minimum atomic E-state index is -1.09. The SMILES string of the molecule is C#Cc1nn([C@H]2C[C@H](C)N(C(=O)C=C)C2)c(NC)c1C(N)=O.C=CC(=O)N1C[C@@H](n2nc(C#Cc3cc4ncn(C5CC5)c4c(F)c3F)c(C(N)=O)c2NC)C[C@@H]1C.Fc1c(Br)cc2ncn(C3CC3)c2c1F.S.S.S.S. The van der Waals surface area contributed by atoms with Crippen LogP contribution in [0.5, 0.6) is 0 Å². The molecular formula is C50H59BrF4N14O4S4. The maximum Gasteiger partial charge on any atom is 0.255 e. The smallest absolute Gasteiger partial charge is 0.255 e. The van der Waals surface area contributed by atoms with Crippen molar-refractivity contribution < 1.29 is 36.7 Å².